The molecular weight excluding hydrogens is 412 g/mol. The molecule has 0 spiro atoms. The predicted molar refractivity (Wildman–Crippen MR) is 128 cm³/mol. The average Bonchev–Trinajstić information content (AvgIpc) is 2.73. The Kier molecular flexibility index (Phi) is 9.36. The van der Waals surface area contributed by atoms with Gasteiger partial charge in [0.25, 0.3) is 0 Å². The number of hydrogen-bond acceptors (Lipinski definition) is 5. The number of nitrogen functional groups attached to an aromatic ring is 1. The summed E-state index contributed by atoms with van der Waals surface area (Å²) < 4.78 is 0. The molecule has 1 atom stereocenters. The van der Waals surface area contributed by atoms with Gasteiger partial charge >= 0.3 is 0 Å². The van der Waals surface area contributed by atoms with E-state index in [1.807, 2.05) is 30.3 Å². The lowest BCUT2D eigenvalue weighted by Gasteiger charge is -2.24. The van der Waals surface area contributed by atoms with Gasteiger partial charge in [0.2, 0.25) is 6.41 Å². The van der Waals surface area contributed by atoms with Crippen molar-refractivity contribution in [1.29, 1.82) is 0 Å². The summed E-state index contributed by atoms with van der Waals surface area (Å²) in [5.41, 5.74) is 8.30. The van der Waals surface area contributed by atoms with Crippen molar-refractivity contribution in [3.05, 3.63) is 64.1 Å². The van der Waals surface area contributed by atoms with E-state index in [-0.39, 0.29) is 30.0 Å². The largest absolute Gasteiger partial charge is 0.396 e. The molecule has 0 aliphatic heterocycles. The zero-order valence-electron chi connectivity index (χ0n) is 18.5. The fourth-order valence-electron chi connectivity index (χ4n) is 3.34. The van der Waals surface area contributed by atoms with Crippen LogP contribution in [-0.2, 0) is 11.3 Å². The van der Waals surface area contributed by atoms with Crippen LogP contribution in [0.3, 0.4) is 0 Å². The van der Waals surface area contributed by atoms with Gasteiger partial charge in [-0.25, -0.2) is 9.97 Å². The Morgan fingerprint density at radius 3 is 2.52 bits per heavy atom. The number of anilines is 1. The number of hydrogen-bond donors (Lipinski definition) is 4. The lowest BCUT2D eigenvalue weighted by molar-refractivity contribution is -0.116. The van der Waals surface area contributed by atoms with E-state index in [9.17, 15) is 15.0 Å². The molecule has 1 aromatic heterocycles. The Bertz CT molecular complexity index is 945. The Balaban J connectivity index is 2.42. The van der Waals surface area contributed by atoms with E-state index in [1.165, 1.54) is 4.90 Å². The van der Waals surface area contributed by atoms with Crippen LogP contribution in [0.5, 0.6) is 0 Å². The van der Waals surface area contributed by atoms with Gasteiger partial charge in [0.15, 0.2) is 0 Å². The summed E-state index contributed by atoms with van der Waals surface area (Å²) in [6.45, 7) is 7.79. The maximum Gasteiger partial charge on any atom is 0.214 e. The summed E-state index contributed by atoms with van der Waals surface area (Å²) in [5, 5.41) is 20.9. The Morgan fingerprint density at radius 2 is 1.97 bits per heavy atom. The van der Waals surface area contributed by atoms with Gasteiger partial charge in [0.05, 0.1) is 11.6 Å². The van der Waals surface area contributed by atoms with E-state index in [1.54, 1.807) is 20.0 Å². The van der Waals surface area contributed by atoms with Gasteiger partial charge in [-0.3, -0.25) is 4.79 Å². The second-order valence-corrected chi connectivity index (χ2v) is 8.89. The monoisotopic (exact) mass is 444 g/mol. The molecule has 168 valence electrons. The van der Waals surface area contributed by atoms with E-state index in [4.69, 9.17) is 5.73 Å². The van der Waals surface area contributed by atoms with Crippen LogP contribution in [0.1, 0.15) is 50.1 Å². The number of nitrogens with zero attached hydrogens (tertiary/aromatic N) is 3. The van der Waals surface area contributed by atoms with Crippen LogP contribution in [0, 0.1) is 12.8 Å². The minimum atomic E-state index is -0.157. The topological polar surface area (TPSA) is 113 Å². The maximum absolute atomic E-state index is 11.9. The molecule has 31 heavy (non-hydrogen) atoms. The Labute approximate surface area is 187 Å². The molecule has 0 bridgehead atoms. The SMILES string of the molecule is C/C(=C(CCO)/[SH]=C(\O)C(c1ccccc1)C(C)C)N(C=O)Cc1cnc(C)nc1N. The fraction of sp³-hybridized carbons (Fsp3) is 0.391. The van der Waals surface area contributed by atoms with Crippen molar-refractivity contribution in [2.24, 2.45) is 5.92 Å². The van der Waals surface area contributed by atoms with Crippen molar-refractivity contribution in [2.75, 3.05) is 12.3 Å². The van der Waals surface area contributed by atoms with Crippen molar-refractivity contribution in [3.63, 3.8) is 0 Å². The van der Waals surface area contributed by atoms with E-state index >= 15 is 0 Å². The van der Waals surface area contributed by atoms with Crippen LogP contribution in [0.2, 0.25) is 0 Å². The first kappa shape index (κ1) is 24.7. The smallest absolute Gasteiger partial charge is 0.214 e. The zero-order chi connectivity index (χ0) is 23.0. The summed E-state index contributed by atoms with van der Waals surface area (Å²) in [6.07, 6.45) is 2.66. The molecule has 1 heterocycles. The summed E-state index contributed by atoms with van der Waals surface area (Å²) in [4.78, 5) is 22.4. The Hall–Kier alpha value is -2.55. The Morgan fingerprint density at radius 1 is 1.29 bits per heavy atom. The number of amides is 1. The predicted octanol–water partition coefficient (Wildman–Crippen LogP) is 3.53. The number of carbonyl (C=O) groups excluding carboxylic acids is 1. The highest BCUT2D eigenvalue weighted by atomic mass is 32.1. The van der Waals surface area contributed by atoms with Gasteiger partial charge < -0.3 is 20.8 Å². The number of benzene rings is 1. The maximum atomic E-state index is 11.9. The van der Waals surface area contributed by atoms with Crippen LogP contribution in [0.4, 0.5) is 5.82 Å². The van der Waals surface area contributed by atoms with E-state index < -0.39 is 0 Å². The van der Waals surface area contributed by atoms with Gasteiger partial charge in [-0.1, -0.05) is 44.2 Å². The molecule has 0 aliphatic carbocycles. The summed E-state index contributed by atoms with van der Waals surface area (Å²) in [5.74, 6) is 0.907. The number of thiol groups is 1. The molecule has 0 fully saturated rings. The van der Waals surface area contributed by atoms with Crippen molar-refractivity contribution >= 4 is 28.6 Å². The zero-order valence-corrected chi connectivity index (χ0v) is 19.4. The molecule has 0 saturated carbocycles. The molecule has 0 saturated heterocycles. The number of rotatable bonds is 10. The number of aryl methyl sites for hydroxylation is 1. The van der Waals surface area contributed by atoms with Crippen LogP contribution in [0.15, 0.2) is 47.1 Å². The molecule has 1 unspecified atom stereocenters. The number of aliphatic hydroxyl groups is 2. The summed E-state index contributed by atoms with van der Waals surface area (Å²) in [6, 6.07) is 9.84. The fourth-order valence-corrected chi connectivity index (χ4v) is 4.71. The van der Waals surface area contributed by atoms with Gasteiger partial charge in [-0.05, 0) is 30.2 Å². The van der Waals surface area contributed by atoms with Gasteiger partial charge in [0, 0.05) is 36.4 Å². The van der Waals surface area contributed by atoms with Gasteiger partial charge in [0.1, 0.15) is 11.6 Å². The molecule has 1 amide bonds. The normalized spacial score (nSPS) is 14.0. The third kappa shape index (κ3) is 6.72. The van der Waals surface area contributed by atoms with Gasteiger partial charge in [-0.15, -0.1) is 11.4 Å². The molecular formula is C23H32N4O3S. The molecule has 0 aliphatic rings. The number of aromatic nitrogens is 2. The summed E-state index contributed by atoms with van der Waals surface area (Å²) >= 11 is 0.581. The van der Waals surface area contributed by atoms with Crippen molar-refractivity contribution in [1.82, 2.24) is 14.9 Å². The second-order valence-electron chi connectivity index (χ2n) is 7.67. The third-order valence-electron chi connectivity index (χ3n) is 5.04. The molecule has 2 rings (SSSR count). The quantitative estimate of drug-likeness (QED) is 0.253. The molecule has 1 aromatic carbocycles. The van der Waals surface area contributed by atoms with Crippen LogP contribution in [-0.4, -0.2) is 43.1 Å². The average molecular weight is 445 g/mol. The van der Waals surface area contributed by atoms with Crippen molar-refractivity contribution in [2.45, 2.75) is 46.6 Å². The number of nitrogens with two attached hydrogens (primary N) is 1. The first-order valence-electron chi connectivity index (χ1n) is 10.2. The molecule has 8 heteroatoms. The highest BCUT2D eigenvalue weighted by Gasteiger charge is 2.21. The van der Waals surface area contributed by atoms with Crippen LogP contribution >= 0.6 is 11.4 Å². The molecule has 7 nitrogen and oxygen atoms in total. The summed E-state index contributed by atoms with van der Waals surface area (Å²) in [7, 11) is 0. The third-order valence-corrected chi connectivity index (χ3v) is 6.36. The van der Waals surface area contributed by atoms with Gasteiger partial charge in [-0.2, -0.15) is 0 Å². The first-order valence-corrected chi connectivity index (χ1v) is 11.1. The van der Waals surface area contributed by atoms with Crippen molar-refractivity contribution in [3.8, 4) is 0 Å². The lowest BCUT2D eigenvalue weighted by atomic mass is 9.89. The minimum Gasteiger partial charge on any atom is -0.396 e. The minimum absolute atomic E-state index is 0.0902. The van der Waals surface area contributed by atoms with E-state index in [0.29, 0.717) is 40.7 Å². The first-order chi connectivity index (χ1) is 14.8. The van der Waals surface area contributed by atoms with Crippen LogP contribution < -0.4 is 5.73 Å². The van der Waals surface area contributed by atoms with Crippen LogP contribution in [0.25, 0.3) is 0 Å². The van der Waals surface area contributed by atoms with Crippen molar-refractivity contribution < 1.29 is 15.0 Å². The lowest BCUT2D eigenvalue weighted by Crippen LogP contribution is -2.22. The number of allylic oxidation sites excluding steroid dienone is 1. The number of carbonyl (C=O) groups is 1. The molecule has 2 aromatic rings. The second kappa shape index (κ2) is 11.7. The van der Waals surface area contributed by atoms with E-state index in [0.717, 1.165) is 16.9 Å². The molecule has 4 N–H and O–H groups in total. The number of aliphatic hydroxyl groups excluding tert-OH is 2. The van der Waals surface area contributed by atoms with E-state index in [2.05, 4.69) is 23.8 Å². The highest BCUT2D eigenvalue weighted by Crippen LogP contribution is 2.30. The standard InChI is InChI=1S/C23H32N4O3S/c1-15(2)21(18-8-6-5-7-9-18)23(30)31-20(10-11-28)16(3)27(14-29)13-19-12-25-17(4)26-22(19)24/h5-9,12,14-15,21,28,30-31H,10-11,13H2,1-4H3,(H2,24,25,26)/b20-16-. The molecule has 0 radical (unpaired) electrons. The highest BCUT2D eigenvalue weighted by molar-refractivity contribution is 8.02.